The van der Waals surface area contributed by atoms with Gasteiger partial charge in [0, 0.05) is 29.2 Å². The summed E-state index contributed by atoms with van der Waals surface area (Å²) < 4.78 is 19.7. The predicted octanol–water partition coefficient (Wildman–Crippen LogP) is 4.18. The van der Waals surface area contributed by atoms with Crippen molar-refractivity contribution in [2.75, 3.05) is 12.4 Å². The fraction of sp³-hybridized carbons (Fsp3) is 0.261. The first kappa shape index (κ1) is 20.9. The first-order chi connectivity index (χ1) is 15.0. The van der Waals surface area contributed by atoms with E-state index in [1.54, 1.807) is 24.4 Å². The van der Waals surface area contributed by atoms with Gasteiger partial charge in [0.1, 0.15) is 11.6 Å². The van der Waals surface area contributed by atoms with Gasteiger partial charge in [-0.05, 0) is 55.0 Å². The van der Waals surface area contributed by atoms with E-state index in [0.717, 1.165) is 24.6 Å². The Bertz CT molecular complexity index is 1190. The van der Waals surface area contributed by atoms with Crippen molar-refractivity contribution in [3.8, 4) is 29.2 Å². The van der Waals surface area contributed by atoms with E-state index in [2.05, 4.69) is 26.5 Å². The number of ether oxygens (including phenoxy) is 1. The van der Waals surface area contributed by atoms with Crippen molar-refractivity contribution in [3.63, 3.8) is 0 Å². The maximum atomic E-state index is 14.5. The average Bonchev–Trinajstić information content (AvgIpc) is 3.20. The summed E-state index contributed by atoms with van der Waals surface area (Å²) in [5.41, 5.74) is 1.57. The summed E-state index contributed by atoms with van der Waals surface area (Å²) in [6.45, 7) is 0. The smallest absolute Gasteiger partial charge is 0.295 e. The summed E-state index contributed by atoms with van der Waals surface area (Å²) >= 11 is 6.33. The molecule has 1 aliphatic rings. The zero-order chi connectivity index (χ0) is 22.0. The maximum absolute atomic E-state index is 14.5. The van der Waals surface area contributed by atoms with Gasteiger partial charge < -0.3 is 15.4 Å². The minimum atomic E-state index is -0.439. The Labute approximate surface area is 184 Å². The lowest BCUT2D eigenvalue weighted by atomic mass is 10.0. The molecule has 4 rings (SSSR count). The summed E-state index contributed by atoms with van der Waals surface area (Å²) in [5, 5.41) is 7.07. The molecule has 3 aromatic rings. The third kappa shape index (κ3) is 4.25. The van der Waals surface area contributed by atoms with Gasteiger partial charge in [0.25, 0.3) is 5.91 Å². The van der Waals surface area contributed by atoms with E-state index in [4.69, 9.17) is 22.8 Å². The molecule has 1 saturated carbocycles. The van der Waals surface area contributed by atoms with Crippen molar-refractivity contribution in [1.29, 1.82) is 0 Å². The Morgan fingerprint density at radius 1 is 1.29 bits per heavy atom. The van der Waals surface area contributed by atoms with Gasteiger partial charge in [-0.3, -0.25) is 4.79 Å². The lowest BCUT2D eigenvalue weighted by molar-refractivity contribution is -0.116. The van der Waals surface area contributed by atoms with Crippen LogP contribution in [-0.2, 0) is 4.79 Å². The van der Waals surface area contributed by atoms with Crippen molar-refractivity contribution in [1.82, 2.24) is 15.3 Å². The number of aromatic nitrogens is 2. The number of fused-ring (bicyclic) bond motifs is 1. The van der Waals surface area contributed by atoms with Crippen LogP contribution >= 0.6 is 11.6 Å². The molecule has 0 spiro atoms. The van der Waals surface area contributed by atoms with Crippen LogP contribution in [0.1, 0.15) is 19.3 Å². The second-order valence-electron chi connectivity index (χ2n) is 7.31. The van der Waals surface area contributed by atoms with E-state index < -0.39 is 11.7 Å². The van der Waals surface area contributed by atoms with E-state index in [-0.39, 0.29) is 22.7 Å². The van der Waals surface area contributed by atoms with Crippen molar-refractivity contribution >= 4 is 34.4 Å². The summed E-state index contributed by atoms with van der Waals surface area (Å²) in [6, 6.07) is 8.08. The number of terminal acetylenes is 1. The van der Waals surface area contributed by atoms with Gasteiger partial charge in [-0.1, -0.05) is 17.7 Å². The second-order valence-corrected chi connectivity index (χ2v) is 7.69. The zero-order valence-electron chi connectivity index (χ0n) is 16.8. The molecule has 1 amide bonds. The minimum Gasteiger partial charge on any atom is -0.495 e. The SMILES string of the molecule is C#CC(=O)N[C@H]1CCC[C@H]1Nc1ncc2cc(-c3c(F)ccc(OC)c3Cl)ccc2n1. The number of anilines is 1. The lowest BCUT2D eigenvalue weighted by Crippen LogP contribution is -2.43. The number of nitrogens with zero attached hydrogens (tertiary/aromatic N) is 2. The molecular weight excluding hydrogens is 419 g/mol. The quantitative estimate of drug-likeness (QED) is 0.584. The number of methoxy groups -OCH3 is 1. The normalized spacial score (nSPS) is 17.9. The molecule has 0 radical (unpaired) electrons. The number of halogens is 2. The number of nitrogens with one attached hydrogen (secondary N) is 2. The van der Waals surface area contributed by atoms with Gasteiger partial charge in [-0.25, -0.2) is 14.4 Å². The van der Waals surface area contributed by atoms with Crippen LogP contribution in [0.15, 0.2) is 36.5 Å². The Morgan fingerprint density at radius 2 is 2.10 bits per heavy atom. The highest BCUT2D eigenvalue weighted by Crippen LogP contribution is 2.38. The van der Waals surface area contributed by atoms with E-state index in [0.29, 0.717) is 22.8 Å². The molecule has 1 aromatic heterocycles. The third-order valence-corrected chi connectivity index (χ3v) is 5.80. The Morgan fingerprint density at radius 3 is 2.87 bits per heavy atom. The van der Waals surface area contributed by atoms with E-state index >= 15 is 0 Å². The topological polar surface area (TPSA) is 76.1 Å². The number of amides is 1. The van der Waals surface area contributed by atoms with Crippen LogP contribution in [0, 0.1) is 18.2 Å². The predicted molar refractivity (Wildman–Crippen MR) is 119 cm³/mol. The van der Waals surface area contributed by atoms with E-state index in [1.165, 1.54) is 19.2 Å². The van der Waals surface area contributed by atoms with Crippen LogP contribution in [0.2, 0.25) is 5.02 Å². The van der Waals surface area contributed by atoms with Crippen LogP contribution < -0.4 is 15.4 Å². The molecule has 1 heterocycles. The van der Waals surface area contributed by atoms with Gasteiger partial charge >= 0.3 is 0 Å². The van der Waals surface area contributed by atoms with E-state index in [9.17, 15) is 9.18 Å². The molecule has 2 N–H and O–H groups in total. The van der Waals surface area contributed by atoms with Crippen molar-refractivity contribution in [3.05, 3.63) is 47.4 Å². The highest BCUT2D eigenvalue weighted by Gasteiger charge is 2.28. The van der Waals surface area contributed by atoms with Crippen molar-refractivity contribution in [2.24, 2.45) is 0 Å². The van der Waals surface area contributed by atoms with Crippen LogP contribution in [0.4, 0.5) is 10.3 Å². The van der Waals surface area contributed by atoms with E-state index in [1.807, 2.05) is 0 Å². The summed E-state index contributed by atoms with van der Waals surface area (Å²) in [5.74, 6) is 2.08. The first-order valence-corrected chi connectivity index (χ1v) is 10.2. The number of benzene rings is 2. The molecule has 2 aromatic carbocycles. The molecule has 8 heteroatoms. The third-order valence-electron chi connectivity index (χ3n) is 5.42. The summed E-state index contributed by atoms with van der Waals surface area (Å²) in [7, 11) is 1.48. The van der Waals surface area contributed by atoms with Crippen LogP contribution in [-0.4, -0.2) is 35.1 Å². The number of rotatable bonds is 5. The molecule has 0 unspecified atom stereocenters. The second kappa shape index (κ2) is 8.78. The first-order valence-electron chi connectivity index (χ1n) is 9.83. The monoisotopic (exact) mass is 438 g/mol. The largest absolute Gasteiger partial charge is 0.495 e. The van der Waals surface area contributed by atoms with Gasteiger partial charge in [-0.2, -0.15) is 0 Å². The zero-order valence-corrected chi connectivity index (χ0v) is 17.5. The number of carbonyl (C=O) groups excluding carboxylic acids is 1. The Kier molecular flexibility index (Phi) is 5.92. The van der Waals surface area contributed by atoms with Crippen molar-refractivity contribution < 1.29 is 13.9 Å². The molecule has 1 fully saturated rings. The van der Waals surface area contributed by atoms with Crippen LogP contribution in [0.3, 0.4) is 0 Å². The number of carbonyl (C=O) groups is 1. The fourth-order valence-electron chi connectivity index (χ4n) is 3.90. The highest BCUT2D eigenvalue weighted by molar-refractivity contribution is 6.34. The Balaban J connectivity index is 1.60. The average molecular weight is 439 g/mol. The van der Waals surface area contributed by atoms with Gasteiger partial charge in [0.15, 0.2) is 0 Å². The minimum absolute atomic E-state index is 0.00120. The molecule has 0 bridgehead atoms. The highest BCUT2D eigenvalue weighted by atomic mass is 35.5. The summed E-state index contributed by atoms with van der Waals surface area (Å²) in [6.07, 6.45) is 9.51. The standard InChI is InChI=1S/C23H20ClFN4O2/c1-3-20(30)27-17-5-4-6-18(17)29-23-26-12-14-11-13(7-9-16(14)28-23)21-15(25)8-10-19(31-2)22(21)24/h1,7-12,17-18H,4-6H2,2H3,(H,27,30)(H,26,28,29)/t17-,18+/m0/s1. The molecule has 6 nitrogen and oxygen atoms in total. The number of hydrogen-bond acceptors (Lipinski definition) is 5. The van der Waals surface area contributed by atoms with Crippen LogP contribution in [0.25, 0.3) is 22.0 Å². The Hall–Kier alpha value is -3.37. The van der Waals surface area contributed by atoms with Gasteiger partial charge in [0.2, 0.25) is 5.95 Å². The lowest BCUT2D eigenvalue weighted by Gasteiger charge is -2.21. The van der Waals surface area contributed by atoms with Gasteiger partial charge in [-0.15, -0.1) is 6.42 Å². The maximum Gasteiger partial charge on any atom is 0.295 e. The number of hydrogen-bond donors (Lipinski definition) is 2. The van der Waals surface area contributed by atoms with Crippen molar-refractivity contribution in [2.45, 2.75) is 31.3 Å². The van der Waals surface area contributed by atoms with Gasteiger partial charge in [0.05, 0.1) is 17.6 Å². The summed E-state index contributed by atoms with van der Waals surface area (Å²) in [4.78, 5) is 20.5. The molecule has 31 heavy (non-hydrogen) atoms. The molecule has 0 saturated heterocycles. The molecule has 1 aliphatic carbocycles. The molecular formula is C23H20ClFN4O2. The molecule has 2 atom stereocenters. The molecule has 0 aliphatic heterocycles. The fourth-order valence-corrected chi connectivity index (χ4v) is 4.24. The van der Waals surface area contributed by atoms with Crippen LogP contribution in [0.5, 0.6) is 5.75 Å². The molecule has 158 valence electrons.